The van der Waals surface area contributed by atoms with E-state index in [0.29, 0.717) is 45.6 Å². The normalized spacial score (nSPS) is 11.4. The van der Waals surface area contributed by atoms with E-state index in [4.69, 9.17) is 19.3 Å². The van der Waals surface area contributed by atoms with Gasteiger partial charge in [-0.25, -0.2) is 19.2 Å². The summed E-state index contributed by atoms with van der Waals surface area (Å²) in [4.78, 5) is 58.8. The van der Waals surface area contributed by atoms with Crippen molar-refractivity contribution in [1.29, 1.82) is 0 Å². The van der Waals surface area contributed by atoms with E-state index in [1.54, 1.807) is 28.9 Å². The van der Waals surface area contributed by atoms with E-state index >= 15 is 0 Å². The summed E-state index contributed by atoms with van der Waals surface area (Å²) in [7, 11) is 0. The molecular formula is C54H65LiN4O9. The van der Waals surface area contributed by atoms with Crippen LogP contribution in [-0.4, -0.2) is 85.4 Å². The van der Waals surface area contributed by atoms with Crippen LogP contribution in [0.5, 0.6) is 0 Å². The number of benzene rings is 4. The van der Waals surface area contributed by atoms with Gasteiger partial charge in [-0.15, -0.1) is 0 Å². The Morgan fingerprint density at radius 2 is 1.03 bits per heavy atom. The summed E-state index contributed by atoms with van der Waals surface area (Å²) >= 11 is 0. The van der Waals surface area contributed by atoms with Crippen molar-refractivity contribution in [2.24, 2.45) is 0 Å². The molecule has 0 spiro atoms. The van der Waals surface area contributed by atoms with E-state index < -0.39 is 17.2 Å². The fourth-order valence-corrected chi connectivity index (χ4v) is 7.48. The van der Waals surface area contributed by atoms with Crippen LogP contribution in [0.2, 0.25) is 0 Å². The number of carboxylic acids is 1. The van der Waals surface area contributed by atoms with Gasteiger partial charge in [-0.05, 0) is 145 Å². The van der Waals surface area contributed by atoms with Crippen LogP contribution < -0.4 is 18.9 Å². The van der Waals surface area contributed by atoms with E-state index in [1.807, 2.05) is 127 Å². The fraction of sp³-hybridized carbons (Fsp3) is 0.333. The number of aromatic amines is 2. The summed E-state index contributed by atoms with van der Waals surface area (Å²) < 4.78 is 16.3. The smallest absolute Gasteiger partial charge is 0.870 e. The third-order valence-corrected chi connectivity index (χ3v) is 10.4. The molecule has 0 saturated heterocycles. The van der Waals surface area contributed by atoms with E-state index in [2.05, 4.69) is 35.1 Å². The molecule has 68 heavy (non-hydrogen) atoms. The van der Waals surface area contributed by atoms with Crippen molar-refractivity contribution in [3.8, 4) is 0 Å². The molecule has 2 heterocycles. The summed E-state index contributed by atoms with van der Waals surface area (Å²) in [5.74, 6) is -1.38. The second kappa shape index (κ2) is 25.6. The molecule has 14 heteroatoms. The summed E-state index contributed by atoms with van der Waals surface area (Å²) in [5, 5.41) is 11.2. The molecule has 6 aromatic rings. The van der Waals surface area contributed by atoms with Crippen molar-refractivity contribution < 1.29 is 62.8 Å². The van der Waals surface area contributed by atoms with Gasteiger partial charge in [0.2, 0.25) is 0 Å². The van der Waals surface area contributed by atoms with Gasteiger partial charge in [0.1, 0.15) is 11.2 Å². The number of fused-ring (bicyclic) bond motifs is 2. The second-order valence-electron chi connectivity index (χ2n) is 18.1. The summed E-state index contributed by atoms with van der Waals surface area (Å²) in [6.45, 7) is 19.2. The molecule has 13 nitrogen and oxygen atoms in total. The molecule has 0 unspecified atom stereocenters. The molecule has 356 valence electrons. The first kappa shape index (κ1) is 55.8. The molecule has 6 rings (SSSR count). The third-order valence-electron chi connectivity index (χ3n) is 10.4. The molecule has 0 saturated carbocycles. The van der Waals surface area contributed by atoms with Gasteiger partial charge in [0, 0.05) is 71.5 Å². The number of nitrogens with one attached hydrogen (secondary N) is 2. The minimum absolute atomic E-state index is 0. The number of para-hydroxylation sites is 2. The monoisotopic (exact) mass is 920 g/mol. The Morgan fingerprint density at radius 1 is 0.618 bits per heavy atom. The van der Waals surface area contributed by atoms with E-state index in [1.165, 1.54) is 22.6 Å². The van der Waals surface area contributed by atoms with Crippen LogP contribution in [0, 0.1) is 13.8 Å². The van der Waals surface area contributed by atoms with Crippen LogP contribution in [0.1, 0.15) is 93.2 Å². The zero-order chi connectivity index (χ0) is 48.0. The van der Waals surface area contributed by atoms with Gasteiger partial charge in [-0.3, -0.25) is 0 Å². The van der Waals surface area contributed by atoms with Gasteiger partial charge >= 0.3 is 43.0 Å². The maximum Gasteiger partial charge on any atom is 1.00 e. The molecule has 0 radical (unpaired) electrons. The van der Waals surface area contributed by atoms with Gasteiger partial charge in [0.25, 0.3) is 0 Å². The average Bonchev–Trinajstić information content (AvgIpc) is 3.75. The van der Waals surface area contributed by atoms with E-state index in [0.717, 1.165) is 56.1 Å². The van der Waals surface area contributed by atoms with Gasteiger partial charge in [0.05, 0.1) is 6.61 Å². The standard InChI is InChI=1S/C28H34N2O4.C26H30N2O4.Li.H2O/c1-6-33-26(31)15-14-21-10-9-11-22(18-21)19-30(27(32)34-28(3,4)5)17-16-23-20(2)29-25-13-8-7-12-24(23)25;1-18-21(22-10-5-6-11-23(22)27-18)14-15-28(25(31)32-26(2,3)4)17-20-9-7-8-19(16-20)12-13-24(29)30;;/h7-15,18,29H,6,16-17,19H2,1-5H3;5-13,16,27H,14-15,17H2,1-4H3,(H,29,30);;1H2/q;;+1;/p-1/b15-14+;13-12+;;. The largest absolute Gasteiger partial charge is 1.00 e. The number of H-pyrrole nitrogens is 2. The summed E-state index contributed by atoms with van der Waals surface area (Å²) in [6.07, 6.45) is 6.44. The number of aromatic nitrogens is 2. The predicted molar refractivity (Wildman–Crippen MR) is 264 cm³/mol. The Labute approximate surface area is 412 Å². The minimum Gasteiger partial charge on any atom is -0.870 e. The number of aryl methyl sites for hydroxylation is 2. The maximum atomic E-state index is 13.1. The van der Waals surface area contributed by atoms with Gasteiger partial charge in [-0.2, -0.15) is 0 Å². The van der Waals surface area contributed by atoms with Crippen LogP contribution in [0.15, 0.2) is 109 Å². The average molecular weight is 921 g/mol. The minimum atomic E-state index is -1.00. The number of aliphatic carboxylic acids is 1. The topological polar surface area (TPSA) is 184 Å². The number of amides is 2. The second-order valence-corrected chi connectivity index (χ2v) is 18.1. The molecule has 0 aliphatic rings. The zero-order valence-electron chi connectivity index (χ0n) is 41.1. The molecule has 0 bridgehead atoms. The molecule has 2 amide bonds. The van der Waals surface area contributed by atoms with Crippen LogP contribution in [-0.2, 0) is 49.7 Å². The van der Waals surface area contributed by atoms with Crippen molar-refractivity contribution in [3.63, 3.8) is 0 Å². The van der Waals surface area contributed by atoms with Crippen LogP contribution in [0.25, 0.3) is 34.0 Å². The first-order valence-electron chi connectivity index (χ1n) is 22.3. The first-order valence-corrected chi connectivity index (χ1v) is 22.3. The number of nitrogens with zero attached hydrogens (tertiary/aromatic N) is 2. The summed E-state index contributed by atoms with van der Waals surface area (Å²) in [5.41, 5.74) is 9.07. The Morgan fingerprint density at radius 3 is 1.43 bits per heavy atom. The number of hydrogen-bond donors (Lipinski definition) is 3. The van der Waals surface area contributed by atoms with Crippen molar-refractivity contribution in [2.45, 2.75) is 99.4 Å². The Bertz CT molecular complexity index is 2690. The van der Waals surface area contributed by atoms with Crippen molar-refractivity contribution in [3.05, 3.63) is 154 Å². The van der Waals surface area contributed by atoms with E-state index in [-0.39, 0.29) is 42.5 Å². The molecule has 2 aromatic heterocycles. The quantitative estimate of drug-likeness (QED) is 0.0394. The molecule has 4 N–H and O–H groups in total. The maximum absolute atomic E-state index is 13.1. The van der Waals surface area contributed by atoms with Crippen molar-refractivity contribution in [1.82, 2.24) is 19.8 Å². The fourth-order valence-electron chi connectivity index (χ4n) is 7.48. The summed E-state index contributed by atoms with van der Waals surface area (Å²) in [6, 6.07) is 31.6. The van der Waals surface area contributed by atoms with Crippen LogP contribution >= 0.6 is 0 Å². The first-order chi connectivity index (χ1) is 31.3. The Hall–Kier alpha value is -6.52. The molecule has 0 aliphatic heterocycles. The molecule has 0 aliphatic carbocycles. The van der Waals surface area contributed by atoms with Gasteiger partial charge in [0.15, 0.2) is 0 Å². The molecule has 4 aromatic carbocycles. The number of hydrogen-bond acceptors (Lipinski definition) is 8. The molecule has 0 atom stereocenters. The SMILES string of the molecule is CCOC(=O)/C=C/c1cccc(CN(CCc2c(C)[nH]c3ccccc23)C(=O)OC(C)(C)C)c1.Cc1[nH]c2ccccc2c1CCN(Cc1cccc(/C=C/C(=O)O)c1)C(=O)OC(C)(C)C.[Li+].[OH-]. The third kappa shape index (κ3) is 17.3. The van der Waals surface area contributed by atoms with Crippen LogP contribution in [0.4, 0.5) is 9.59 Å². The Kier molecular flexibility index (Phi) is 21.0. The van der Waals surface area contributed by atoms with Crippen LogP contribution in [0.3, 0.4) is 0 Å². The predicted octanol–water partition coefficient (Wildman–Crippen LogP) is 8.41. The molecule has 0 fully saturated rings. The number of rotatable bonds is 15. The van der Waals surface area contributed by atoms with E-state index in [9.17, 15) is 19.2 Å². The number of esters is 1. The molecular weight excluding hydrogens is 856 g/mol. The Balaban J connectivity index is 0.000000351. The van der Waals surface area contributed by atoms with Gasteiger partial charge in [-0.1, -0.05) is 72.8 Å². The number of ether oxygens (including phenoxy) is 3. The van der Waals surface area contributed by atoms with Gasteiger partial charge < -0.3 is 44.6 Å². The van der Waals surface area contributed by atoms with Crippen molar-refractivity contribution >= 4 is 58.1 Å². The number of carbonyl (C=O) groups excluding carboxylic acids is 3. The zero-order valence-corrected chi connectivity index (χ0v) is 41.1. The van der Waals surface area contributed by atoms with Crippen molar-refractivity contribution in [2.75, 3.05) is 19.7 Å². The number of carbonyl (C=O) groups is 4. The number of carboxylic acid groups (broad SMARTS) is 1.